The molecule has 0 bridgehead atoms. The standard InChI is InChI=1S/C10H13N7O2/c1-2-4-16-5-3-12-9(10(16)18)17-6-13-8(14-17)7(11)15-19/h3,5-6,19H,2,4H2,1H3,(H2,11,15). The lowest BCUT2D eigenvalue weighted by Crippen LogP contribution is -2.25. The second kappa shape index (κ2) is 5.29. The third kappa shape index (κ3) is 2.44. The summed E-state index contributed by atoms with van der Waals surface area (Å²) in [5.74, 6) is -0.0985. The largest absolute Gasteiger partial charge is 0.409 e. The Morgan fingerprint density at radius 2 is 2.32 bits per heavy atom. The molecule has 0 atom stereocenters. The van der Waals surface area contributed by atoms with Crippen LogP contribution in [0.25, 0.3) is 5.82 Å². The smallest absolute Gasteiger partial charge is 0.295 e. The third-order valence-electron chi connectivity index (χ3n) is 2.41. The minimum absolute atomic E-state index is 0.0228. The van der Waals surface area contributed by atoms with Crippen molar-refractivity contribution < 1.29 is 5.21 Å². The first-order valence-electron chi connectivity index (χ1n) is 5.62. The minimum atomic E-state index is -0.277. The van der Waals surface area contributed by atoms with Gasteiger partial charge in [-0.25, -0.2) is 9.97 Å². The van der Waals surface area contributed by atoms with Gasteiger partial charge in [-0.2, -0.15) is 4.68 Å². The number of aryl methyl sites for hydroxylation is 1. The Bertz CT molecular complexity index is 658. The van der Waals surface area contributed by atoms with Gasteiger partial charge in [0.25, 0.3) is 5.56 Å². The summed E-state index contributed by atoms with van der Waals surface area (Å²) in [6.45, 7) is 2.56. The summed E-state index contributed by atoms with van der Waals surface area (Å²) in [6, 6.07) is 0. The van der Waals surface area contributed by atoms with E-state index < -0.39 is 0 Å². The summed E-state index contributed by atoms with van der Waals surface area (Å²) in [5, 5.41) is 15.2. The Morgan fingerprint density at radius 1 is 1.53 bits per heavy atom. The van der Waals surface area contributed by atoms with Crippen LogP contribution in [0.15, 0.2) is 28.7 Å². The van der Waals surface area contributed by atoms with Crippen molar-refractivity contribution in [3.05, 3.63) is 34.9 Å². The summed E-state index contributed by atoms with van der Waals surface area (Å²) in [5.41, 5.74) is 5.08. The molecule has 2 aromatic heterocycles. The molecule has 3 N–H and O–H groups in total. The molecule has 0 amide bonds. The highest BCUT2D eigenvalue weighted by Crippen LogP contribution is 1.97. The fraction of sp³-hybridized carbons (Fsp3) is 0.300. The number of nitrogens with two attached hydrogens (primary N) is 1. The molecule has 0 aromatic carbocycles. The lowest BCUT2D eigenvalue weighted by atomic mass is 10.4. The van der Waals surface area contributed by atoms with E-state index in [-0.39, 0.29) is 23.0 Å². The molecule has 0 aliphatic rings. The second-order valence-corrected chi connectivity index (χ2v) is 3.75. The first-order valence-corrected chi connectivity index (χ1v) is 5.62. The van der Waals surface area contributed by atoms with Crippen LogP contribution in [-0.4, -0.2) is 35.4 Å². The van der Waals surface area contributed by atoms with E-state index in [1.807, 2.05) is 6.92 Å². The highest BCUT2D eigenvalue weighted by atomic mass is 16.4. The van der Waals surface area contributed by atoms with E-state index in [2.05, 4.69) is 20.2 Å². The van der Waals surface area contributed by atoms with Crippen LogP contribution in [0.5, 0.6) is 0 Å². The summed E-state index contributed by atoms with van der Waals surface area (Å²) >= 11 is 0. The molecule has 0 saturated carbocycles. The average Bonchev–Trinajstić information content (AvgIpc) is 2.90. The van der Waals surface area contributed by atoms with E-state index in [0.29, 0.717) is 6.54 Å². The van der Waals surface area contributed by atoms with Gasteiger partial charge in [-0.1, -0.05) is 12.1 Å². The van der Waals surface area contributed by atoms with Crippen molar-refractivity contribution in [1.82, 2.24) is 24.3 Å². The molecule has 2 rings (SSSR count). The summed E-state index contributed by atoms with van der Waals surface area (Å²) in [7, 11) is 0. The molecule has 2 heterocycles. The van der Waals surface area contributed by atoms with Gasteiger partial charge < -0.3 is 15.5 Å². The quantitative estimate of drug-likeness (QED) is 0.326. The highest BCUT2D eigenvalue weighted by Gasteiger charge is 2.11. The Hall–Kier alpha value is -2.71. The number of rotatable bonds is 4. The molecule has 9 heteroatoms. The van der Waals surface area contributed by atoms with E-state index in [0.717, 1.165) is 6.42 Å². The molecule has 0 aliphatic carbocycles. The first kappa shape index (κ1) is 12.7. The predicted octanol–water partition coefficient (Wildman–Crippen LogP) is -0.671. The zero-order chi connectivity index (χ0) is 13.8. The molecule has 0 fully saturated rings. The van der Waals surface area contributed by atoms with Crippen LogP contribution in [0, 0.1) is 0 Å². The van der Waals surface area contributed by atoms with Crippen molar-refractivity contribution in [2.45, 2.75) is 19.9 Å². The highest BCUT2D eigenvalue weighted by molar-refractivity contribution is 5.93. The summed E-state index contributed by atoms with van der Waals surface area (Å²) in [4.78, 5) is 19.9. The number of amidine groups is 1. The summed E-state index contributed by atoms with van der Waals surface area (Å²) < 4.78 is 2.73. The van der Waals surface area contributed by atoms with E-state index in [4.69, 9.17) is 10.9 Å². The van der Waals surface area contributed by atoms with Crippen LogP contribution < -0.4 is 11.3 Å². The van der Waals surface area contributed by atoms with Crippen LogP contribution in [0.4, 0.5) is 0 Å². The van der Waals surface area contributed by atoms with Crippen molar-refractivity contribution in [1.29, 1.82) is 0 Å². The van der Waals surface area contributed by atoms with Gasteiger partial charge in [-0.3, -0.25) is 4.79 Å². The van der Waals surface area contributed by atoms with Gasteiger partial charge in [0, 0.05) is 18.9 Å². The molecule has 100 valence electrons. The first-order chi connectivity index (χ1) is 9.17. The van der Waals surface area contributed by atoms with Crippen molar-refractivity contribution >= 4 is 5.84 Å². The van der Waals surface area contributed by atoms with Crippen LogP contribution >= 0.6 is 0 Å². The molecular formula is C10H13N7O2. The van der Waals surface area contributed by atoms with Crippen molar-refractivity contribution in [3.63, 3.8) is 0 Å². The molecule has 0 spiro atoms. The van der Waals surface area contributed by atoms with E-state index in [1.165, 1.54) is 21.8 Å². The SMILES string of the molecule is CCCn1ccnc(-n2cnc(C(N)=NO)n2)c1=O. The molecule has 19 heavy (non-hydrogen) atoms. The number of hydrogen-bond acceptors (Lipinski definition) is 6. The number of hydrogen-bond donors (Lipinski definition) is 2. The predicted molar refractivity (Wildman–Crippen MR) is 66.2 cm³/mol. The van der Waals surface area contributed by atoms with Gasteiger partial charge in [0.05, 0.1) is 0 Å². The lowest BCUT2D eigenvalue weighted by Gasteiger charge is -2.04. The topological polar surface area (TPSA) is 124 Å². The minimum Gasteiger partial charge on any atom is -0.409 e. The van der Waals surface area contributed by atoms with Gasteiger partial charge >= 0.3 is 0 Å². The van der Waals surface area contributed by atoms with E-state index in [1.54, 1.807) is 6.20 Å². The van der Waals surface area contributed by atoms with Crippen molar-refractivity contribution in [2.75, 3.05) is 0 Å². The zero-order valence-corrected chi connectivity index (χ0v) is 10.3. The lowest BCUT2D eigenvalue weighted by molar-refractivity contribution is 0.318. The van der Waals surface area contributed by atoms with Gasteiger partial charge in [0.1, 0.15) is 6.33 Å². The van der Waals surface area contributed by atoms with Gasteiger partial charge in [0.15, 0.2) is 0 Å². The van der Waals surface area contributed by atoms with E-state index in [9.17, 15) is 4.79 Å². The number of aromatic nitrogens is 5. The van der Waals surface area contributed by atoms with Crippen LogP contribution in [0.3, 0.4) is 0 Å². The van der Waals surface area contributed by atoms with Crippen molar-refractivity contribution in [3.8, 4) is 5.82 Å². The molecule has 0 saturated heterocycles. The molecule has 0 aliphatic heterocycles. The maximum absolute atomic E-state index is 12.1. The van der Waals surface area contributed by atoms with Crippen LogP contribution in [0.2, 0.25) is 0 Å². The molecule has 9 nitrogen and oxygen atoms in total. The Morgan fingerprint density at radius 3 is 3.00 bits per heavy atom. The van der Waals surface area contributed by atoms with Crippen molar-refractivity contribution in [2.24, 2.45) is 10.9 Å². The molecule has 0 unspecified atom stereocenters. The third-order valence-corrected chi connectivity index (χ3v) is 2.41. The Balaban J connectivity index is 2.45. The monoisotopic (exact) mass is 263 g/mol. The maximum Gasteiger partial charge on any atom is 0.295 e. The second-order valence-electron chi connectivity index (χ2n) is 3.75. The zero-order valence-electron chi connectivity index (χ0n) is 10.3. The van der Waals surface area contributed by atoms with Crippen LogP contribution in [0.1, 0.15) is 19.2 Å². The molecule has 2 aromatic rings. The fourth-order valence-corrected chi connectivity index (χ4v) is 1.54. The molecule has 0 radical (unpaired) electrons. The van der Waals surface area contributed by atoms with Crippen LogP contribution in [-0.2, 0) is 6.54 Å². The van der Waals surface area contributed by atoms with Gasteiger partial charge in [-0.15, -0.1) is 5.10 Å². The fourth-order valence-electron chi connectivity index (χ4n) is 1.54. The maximum atomic E-state index is 12.1. The summed E-state index contributed by atoms with van der Waals surface area (Å²) in [6.07, 6.45) is 5.23. The Labute approximate surface area is 108 Å². The number of oxime groups is 1. The molecular weight excluding hydrogens is 250 g/mol. The number of nitrogens with zero attached hydrogens (tertiary/aromatic N) is 6. The average molecular weight is 263 g/mol. The van der Waals surface area contributed by atoms with Gasteiger partial charge in [0.2, 0.25) is 17.5 Å². The Kier molecular flexibility index (Phi) is 3.55. The van der Waals surface area contributed by atoms with E-state index >= 15 is 0 Å². The van der Waals surface area contributed by atoms with Gasteiger partial charge in [-0.05, 0) is 6.42 Å². The normalized spacial score (nSPS) is 11.7.